The molecular weight excluding hydrogens is 366 g/mol. The fourth-order valence-electron chi connectivity index (χ4n) is 3.32. The molecule has 0 atom stereocenters. The highest BCUT2D eigenvalue weighted by Crippen LogP contribution is 2.22. The molecule has 8 nitrogen and oxygen atoms in total. The number of sulfonamides is 1. The zero-order valence-corrected chi connectivity index (χ0v) is 15.8. The van der Waals surface area contributed by atoms with Crippen LogP contribution in [-0.2, 0) is 23.6 Å². The molecule has 4 rings (SSSR count). The van der Waals surface area contributed by atoms with E-state index < -0.39 is 10.0 Å². The fraction of sp³-hybridized carbons (Fsp3) is 0.333. The van der Waals surface area contributed by atoms with E-state index in [1.165, 1.54) is 21.1 Å². The molecule has 0 saturated carbocycles. The molecule has 1 aliphatic heterocycles. The average Bonchev–Trinajstić information content (AvgIpc) is 3.38. The topological polar surface area (TPSA) is 100 Å². The van der Waals surface area contributed by atoms with Crippen LogP contribution in [0.1, 0.15) is 29.2 Å². The van der Waals surface area contributed by atoms with Gasteiger partial charge in [-0.3, -0.25) is 4.79 Å². The predicted molar refractivity (Wildman–Crippen MR) is 101 cm³/mol. The van der Waals surface area contributed by atoms with Gasteiger partial charge in [-0.15, -0.1) is 0 Å². The SMILES string of the molecule is Cn1cc(S(=O)(=O)N2CCCC2)cc1C(=O)NCc1nc2ccccc2[nH]1. The van der Waals surface area contributed by atoms with Gasteiger partial charge in [0.15, 0.2) is 0 Å². The third-order valence-corrected chi connectivity index (χ3v) is 6.63. The smallest absolute Gasteiger partial charge is 0.268 e. The molecule has 1 fully saturated rings. The van der Waals surface area contributed by atoms with Gasteiger partial charge in [-0.25, -0.2) is 13.4 Å². The Balaban J connectivity index is 1.49. The molecule has 0 radical (unpaired) electrons. The summed E-state index contributed by atoms with van der Waals surface area (Å²) in [6.07, 6.45) is 3.23. The molecule has 0 aliphatic carbocycles. The van der Waals surface area contributed by atoms with E-state index >= 15 is 0 Å². The molecule has 3 aromatic rings. The normalized spacial score (nSPS) is 15.4. The number of nitrogens with one attached hydrogen (secondary N) is 2. The Labute approximate surface area is 157 Å². The molecule has 27 heavy (non-hydrogen) atoms. The van der Waals surface area contributed by atoms with Gasteiger partial charge in [0.05, 0.1) is 17.6 Å². The average molecular weight is 387 g/mol. The first-order chi connectivity index (χ1) is 12.9. The van der Waals surface area contributed by atoms with Crippen LogP contribution in [0.3, 0.4) is 0 Å². The second-order valence-electron chi connectivity index (χ2n) is 6.67. The highest BCUT2D eigenvalue weighted by molar-refractivity contribution is 7.89. The summed E-state index contributed by atoms with van der Waals surface area (Å²) in [5.41, 5.74) is 2.03. The van der Waals surface area contributed by atoms with Crippen LogP contribution in [0.2, 0.25) is 0 Å². The number of carbonyl (C=O) groups is 1. The van der Waals surface area contributed by atoms with E-state index in [4.69, 9.17) is 0 Å². The van der Waals surface area contributed by atoms with Crippen LogP contribution < -0.4 is 5.32 Å². The van der Waals surface area contributed by atoms with Gasteiger partial charge in [0.25, 0.3) is 5.91 Å². The Bertz CT molecular complexity index is 1060. The molecule has 1 aliphatic rings. The van der Waals surface area contributed by atoms with Gasteiger partial charge < -0.3 is 14.9 Å². The standard InChI is InChI=1S/C18H21N5O3S/c1-22-12-13(27(25,26)23-8-4-5-9-23)10-16(22)18(24)19-11-17-20-14-6-2-3-7-15(14)21-17/h2-3,6-7,10,12H,4-5,8-9,11H2,1H3,(H,19,24)(H,20,21). The zero-order valence-electron chi connectivity index (χ0n) is 15.0. The van der Waals surface area contributed by atoms with E-state index in [0.29, 0.717) is 24.6 Å². The lowest BCUT2D eigenvalue weighted by Crippen LogP contribution is -2.27. The number of hydrogen-bond acceptors (Lipinski definition) is 4. The van der Waals surface area contributed by atoms with Gasteiger partial charge in [-0.2, -0.15) is 4.31 Å². The number of aromatic amines is 1. The van der Waals surface area contributed by atoms with E-state index in [1.807, 2.05) is 24.3 Å². The number of para-hydroxylation sites is 2. The van der Waals surface area contributed by atoms with Crippen molar-refractivity contribution in [1.29, 1.82) is 0 Å². The molecular formula is C18H21N5O3S. The number of aryl methyl sites for hydroxylation is 1. The van der Waals surface area contributed by atoms with Crippen LogP contribution >= 0.6 is 0 Å². The van der Waals surface area contributed by atoms with Gasteiger partial charge in [0, 0.05) is 26.3 Å². The minimum absolute atomic E-state index is 0.154. The minimum atomic E-state index is -3.54. The van der Waals surface area contributed by atoms with Crippen LogP contribution in [-0.4, -0.2) is 46.3 Å². The van der Waals surface area contributed by atoms with Crippen LogP contribution in [0.25, 0.3) is 11.0 Å². The van der Waals surface area contributed by atoms with Crippen molar-refractivity contribution in [2.75, 3.05) is 13.1 Å². The summed E-state index contributed by atoms with van der Waals surface area (Å²) in [6, 6.07) is 9.05. The molecule has 2 aromatic heterocycles. The largest absolute Gasteiger partial charge is 0.345 e. The second-order valence-corrected chi connectivity index (χ2v) is 8.60. The number of hydrogen-bond donors (Lipinski definition) is 2. The number of aromatic nitrogens is 3. The molecule has 9 heteroatoms. The van der Waals surface area contributed by atoms with Crippen molar-refractivity contribution in [2.45, 2.75) is 24.3 Å². The number of benzene rings is 1. The maximum Gasteiger partial charge on any atom is 0.268 e. The quantitative estimate of drug-likeness (QED) is 0.695. The van der Waals surface area contributed by atoms with E-state index in [0.717, 1.165) is 23.9 Å². The number of imidazole rings is 1. The molecule has 142 valence electrons. The Hall–Kier alpha value is -2.65. The summed E-state index contributed by atoms with van der Waals surface area (Å²) in [4.78, 5) is 20.3. The van der Waals surface area contributed by atoms with Crippen molar-refractivity contribution >= 4 is 27.0 Å². The summed E-state index contributed by atoms with van der Waals surface area (Å²) in [6.45, 7) is 1.29. The van der Waals surface area contributed by atoms with Crippen LogP contribution in [0.4, 0.5) is 0 Å². The van der Waals surface area contributed by atoms with Crippen molar-refractivity contribution in [1.82, 2.24) is 24.2 Å². The summed E-state index contributed by atoms with van der Waals surface area (Å²) >= 11 is 0. The van der Waals surface area contributed by atoms with E-state index in [9.17, 15) is 13.2 Å². The van der Waals surface area contributed by atoms with Gasteiger partial charge in [-0.05, 0) is 31.0 Å². The van der Waals surface area contributed by atoms with Crippen molar-refractivity contribution in [3.8, 4) is 0 Å². The van der Waals surface area contributed by atoms with Crippen molar-refractivity contribution in [3.05, 3.63) is 48.0 Å². The second kappa shape index (κ2) is 6.82. The summed E-state index contributed by atoms with van der Waals surface area (Å²) in [5.74, 6) is 0.296. The molecule has 3 heterocycles. The maximum absolute atomic E-state index is 12.7. The van der Waals surface area contributed by atoms with E-state index in [1.54, 1.807) is 7.05 Å². The Kier molecular flexibility index (Phi) is 4.48. The van der Waals surface area contributed by atoms with Gasteiger partial charge in [-0.1, -0.05) is 12.1 Å². The van der Waals surface area contributed by atoms with Crippen molar-refractivity contribution < 1.29 is 13.2 Å². The molecule has 1 saturated heterocycles. The van der Waals surface area contributed by atoms with Crippen LogP contribution in [0.15, 0.2) is 41.4 Å². The first-order valence-corrected chi connectivity index (χ1v) is 10.3. The maximum atomic E-state index is 12.7. The lowest BCUT2D eigenvalue weighted by Gasteiger charge is -2.13. The summed E-state index contributed by atoms with van der Waals surface area (Å²) in [5, 5.41) is 2.79. The summed E-state index contributed by atoms with van der Waals surface area (Å²) in [7, 11) is -1.88. The molecule has 2 N–H and O–H groups in total. The van der Waals surface area contributed by atoms with Crippen molar-refractivity contribution in [2.24, 2.45) is 7.05 Å². The first kappa shape index (κ1) is 17.7. The third kappa shape index (κ3) is 3.35. The number of nitrogens with zero attached hydrogens (tertiary/aromatic N) is 3. The van der Waals surface area contributed by atoms with Crippen LogP contribution in [0.5, 0.6) is 0 Å². The lowest BCUT2D eigenvalue weighted by atomic mass is 10.3. The first-order valence-electron chi connectivity index (χ1n) is 8.83. The number of rotatable bonds is 5. The van der Waals surface area contributed by atoms with Gasteiger partial charge >= 0.3 is 0 Å². The highest BCUT2D eigenvalue weighted by Gasteiger charge is 2.29. The van der Waals surface area contributed by atoms with E-state index in [2.05, 4.69) is 15.3 Å². The predicted octanol–water partition coefficient (Wildman–Crippen LogP) is 1.62. The minimum Gasteiger partial charge on any atom is -0.345 e. The Morgan fingerprint density at radius 3 is 2.74 bits per heavy atom. The monoisotopic (exact) mass is 387 g/mol. The number of amides is 1. The molecule has 0 spiro atoms. The van der Waals surface area contributed by atoms with Crippen molar-refractivity contribution in [3.63, 3.8) is 0 Å². The number of H-pyrrole nitrogens is 1. The summed E-state index contributed by atoms with van der Waals surface area (Å²) < 4.78 is 28.3. The highest BCUT2D eigenvalue weighted by atomic mass is 32.2. The van der Waals surface area contributed by atoms with Gasteiger partial charge in [0.2, 0.25) is 10.0 Å². The number of fused-ring (bicyclic) bond motifs is 1. The van der Waals surface area contributed by atoms with Gasteiger partial charge in [0.1, 0.15) is 16.4 Å². The molecule has 1 amide bonds. The number of carbonyl (C=O) groups excluding carboxylic acids is 1. The molecule has 0 bridgehead atoms. The van der Waals surface area contributed by atoms with E-state index in [-0.39, 0.29) is 17.3 Å². The fourth-order valence-corrected chi connectivity index (χ4v) is 4.91. The van der Waals surface area contributed by atoms with Crippen LogP contribution in [0, 0.1) is 0 Å². The molecule has 0 unspecified atom stereocenters. The Morgan fingerprint density at radius 1 is 1.26 bits per heavy atom. The third-order valence-electron chi connectivity index (χ3n) is 4.77. The molecule has 1 aromatic carbocycles. The zero-order chi connectivity index (χ0) is 19.0. The lowest BCUT2D eigenvalue weighted by molar-refractivity contribution is 0.0942. The Morgan fingerprint density at radius 2 is 2.00 bits per heavy atom.